The fourth-order valence-electron chi connectivity index (χ4n) is 3.88. The van der Waals surface area contributed by atoms with Gasteiger partial charge in [-0.25, -0.2) is 9.78 Å². The third-order valence-electron chi connectivity index (χ3n) is 5.63. The van der Waals surface area contributed by atoms with Gasteiger partial charge in [0.2, 0.25) is 5.28 Å². The molecule has 0 aromatic carbocycles. The van der Waals surface area contributed by atoms with Crippen molar-refractivity contribution < 1.29 is 14.3 Å². The quantitative estimate of drug-likeness (QED) is 0.765. The van der Waals surface area contributed by atoms with E-state index in [1.165, 1.54) is 0 Å². The van der Waals surface area contributed by atoms with Crippen molar-refractivity contribution in [3.05, 3.63) is 40.7 Å². The van der Waals surface area contributed by atoms with Gasteiger partial charge in [-0.1, -0.05) is 0 Å². The van der Waals surface area contributed by atoms with Gasteiger partial charge in [0, 0.05) is 63.3 Å². The van der Waals surface area contributed by atoms with Crippen LogP contribution in [0.2, 0.25) is 5.28 Å². The van der Waals surface area contributed by atoms with E-state index in [9.17, 15) is 4.79 Å². The van der Waals surface area contributed by atoms with Crippen molar-refractivity contribution in [1.82, 2.24) is 19.4 Å². The maximum atomic E-state index is 12.3. The molecule has 0 saturated carbocycles. The minimum absolute atomic E-state index is 0.0901. The zero-order valence-corrected chi connectivity index (χ0v) is 16.9. The number of anilines is 1. The zero-order valence-electron chi connectivity index (χ0n) is 16.2. The fraction of sp³-hybridized carbons (Fsp3) is 0.450. The maximum absolute atomic E-state index is 12.3. The Bertz CT molecular complexity index is 957. The molecule has 2 aromatic heterocycles. The third-order valence-corrected chi connectivity index (χ3v) is 5.98. The summed E-state index contributed by atoms with van der Waals surface area (Å²) in [5.74, 6) is 0. The summed E-state index contributed by atoms with van der Waals surface area (Å²) >= 11 is 6.11. The summed E-state index contributed by atoms with van der Waals surface area (Å²) in [6.07, 6.45) is 6.37. The molecule has 4 heterocycles. The summed E-state index contributed by atoms with van der Waals surface area (Å²) in [7, 11) is 1.88. The molecule has 0 N–H and O–H groups in total. The van der Waals surface area contributed by atoms with E-state index in [4.69, 9.17) is 21.1 Å². The number of halogens is 1. The molecular weight excluding hydrogens is 394 g/mol. The standard InChI is InChI=1S/C20H22ClN5O3/c1-24-10-17(23-19(24)21)13-8-15-16(9-13)22-3-2-18(15)25-4-6-26(7-5-25)20(27)29-14-11-28-12-14/h2-3,8,10,14H,4-7,9,11-12H2,1H3. The summed E-state index contributed by atoms with van der Waals surface area (Å²) in [6, 6.07) is 2.04. The van der Waals surface area contributed by atoms with Gasteiger partial charge in [-0.15, -0.1) is 0 Å². The monoisotopic (exact) mass is 415 g/mol. The van der Waals surface area contributed by atoms with Crippen molar-refractivity contribution in [2.45, 2.75) is 12.5 Å². The number of rotatable bonds is 3. The summed E-state index contributed by atoms with van der Waals surface area (Å²) in [4.78, 5) is 25.3. The first-order chi connectivity index (χ1) is 14.1. The average Bonchev–Trinajstić information content (AvgIpc) is 3.28. The number of allylic oxidation sites excluding steroid dienone is 1. The Labute approximate surface area is 173 Å². The van der Waals surface area contributed by atoms with E-state index >= 15 is 0 Å². The molecule has 1 amide bonds. The summed E-state index contributed by atoms with van der Waals surface area (Å²) < 4.78 is 12.3. The highest BCUT2D eigenvalue weighted by Gasteiger charge is 2.29. The number of imidazole rings is 1. The van der Waals surface area contributed by atoms with Gasteiger partial charge in [0.25, 0.3) is 0 Å². The molecule has 0 unspecified atom stereocenters. The van der Waals surface area contributed by atoms with Gasteiger partial charge in [-0.3, -0.25) is 4.98 Å². The second kappa shape index (κ2) is 7.35. The lowest BCUT2D eigenvalue weighted by Crippen LogP contribution is -2.51. The first kappa shape index (κ1) is 18.4. The van der Waals surface area contributed by atoms with Gasteiger partial charge >= 0.3 is 6.09 Å². The number of carbonyl (C=O) groups is 1. The minimum Gasteiger partial charge on any atom is -0.441 e. The molecule has 0 spiro atoms. The smallest absolute Gasteiger partial charge is 0.410 e. The predicted molar refractivity (Wildman–Crippen MR) is 109 cm³/mol. The van der Waals surface area contributed by atoms with Gasteiger partial charge in [0.15, 0.2) is 6.10 Å². The topological polar surface area (TPSA) is 72.7 Å². The van der Waals surface area contributed by atoms with Crippen molar-refractivity contribution >= 4 is 35.0 Å². The molecule has 2 fully saturated rings. The summed E-state index contributed by atoms with van der Waals surface area (Å²) in [5, 5.41) is 0.474. The number of carbonyl (C=O) groups excluding carboxylic acids is 1. The highest BCUT2D eigenvalue weighted by molar-refractivity contribution is 6.28. The fourth-order valence-corrected chi connectivity index (χ4v) is 4.02. The molecule has 0 atom stereocenters. The van der Waals surface area contributed by atoms with Crippen LogP contribution >= 0.6 is 11.6 Å². The van der Waals surface area contributed by atoms with Gasteiger partial charge in [0.1, 0.15) is 0 Å². The SMILES string of the molecule is Cn1cc(C2=Cc3c(N4CCN(C(=O)OC5COC5)CC4)ccnc3C2)nc1Cl. The van der Waals surface area contributed by atoms with Crippen LogP contribution in [0.25, 0.3) is 11.6 Å². The molecule has 2 aromatic rings. The van der Waals surface area contributed by atoms with Crippen molar-refractivity contribution in [2.75, 3.05) is 44.3 Å². The zero-order chi connectivity index (χ0) is 20.0. The van der Waals surface area contributed by atoms with Crippen molar-refractivity contribution in [3.8, 4) is 0 Å². The normalized spacial score (nSPS) is 19.0. The Hall–Kier alpha value is -2.58. The molecule has 9 heteroatoms. The lowest BCUT2D eigenvalue weighted by atomic mass is 10.1. The molecule has 0 bridgehead atoms. The number of ether oxygens (including phenoxy) is 2. The van der Waals surface area contributed by atoms with E-state index < -0.39 is 0 Å². The highest BCUT2D eigenvalue weighted by Crippen LogP contribution is 2.36. The number of pyridine rings is 1. The molecule has 0 radical (unpaired) electrons. The third kappa shape index (κ3) is 3.47. The van der Waals surface area contributed by atoms with Crippen LogP contribution < -0.4 is 4.90 Å². The Morgan fingerprint density at radius 2 is 2.07 bits per heavy atom. The van der Waals surface area contributed by atoms with E-state index in [-0.39, 0.29) is 12.2 Å². The van der Waals surface area contributed by atoms with E-state index in [1.54, 1.807) is 4.90 Å². The average molecular weight is 416 g/mol. The first-order valence-corrected chi connectivity index (χ1v) is 10.1. The molecular formula is C20H22ClN5O3. The highest BCUT2D eigenvalue weighted by atomic mass is 35.5. The molecule has 152 valence electrons. The number of aromatic nitrogens is 3. The van der Waals surface area contributed by atoms with Crippen LogP contribution in [0.3, 0.4) is 0 Å². The maximum Gasteiger partial charge on any atom is 0.410 e. The minimum atomic E-state index is -0.243. The lowest BCUT2D eigenvalue weighted by molar-refractivity contribution is -0.104. The van der Waals surface area contributed by atoms with Gasteiger partial charge < -0.3 is 23.8 Å². The largest absolute Gasteiger partial charge is 0.441 e. The second-order valence-corrected chi connectivity index (χ2v) is 7.90. The van der Waals surface area contributed by atoms with E-state index in [0.717, 1.165) is 47.7 Å². The number of hydrogen-bond donors (Lipinski definition) is 0. The predicted octanol–water partition coefficient (Wildman–Crippen LogP) is 2.22. The molecule has 3 aliphatic rings. The number of hydrogen-bond acceptors (Lipinski definition) is 6. The molecule has 5 rings (SSSR count). The molecule has 29 heavy (non-hydrogen) atoms. The van der Waals surface area contributed by atoms with Crippen LogP contribution in [0.15, 0.2) is 18.5 Å². The first-order valence-electron chi connectivity index (χ1n) is 9.74. The lowest BCUT2D eigenvalue weighted by Gasteiger charge is -2.37. The van der Waals surface area contributed by atoms with Crippen LogP contribution in [-0.2, 0) is 22.9 Å². The van der Waals surface area contributed by atoms with Crippen molar-refractivity contribution in [3.63, 3.8) is 0 Å². The van der Waals surface area contributed by atoms with Crippen LogP contribution in [-0.4, -0.2) is 71.0 Å². The number of piperazine rings is 1. The molecule has 2 aliphatic heterocycles. The van der Waals surface area contributed by atoms with Gasteiger partial charge in [-0.05, 0) is 29.3 Å². The molecule has 8 nitrogen and oxygen atoms in total. The number of aryl methyl sites for hydroxylation is 1. The van der Waals surface area contributed by atoms with Crippen LogP contribution in [0, 0.1) is 0 Å². The van der Waals surface area contributed by atoms with Crippen LogP contribution in [0.4, 0.5) is 10.5 Å². The number of fused-ring (bicyclic) bond motifs is 1. The van der Waals surface area contributed by atoms with Crippen molar-refractivity contribution in [2.24, 2.45) is 7.05 Å². The van der Waals surface area contributed by atoms with Crippen LogP contribution in [0.5, 0.6) is 0 Å². The Kier molecular flexibility index (Phi) is 4.67. The second-order valence-electron chi connectivity index (χ2n) is 7.56. The summed E-state index contributed by atoms with van der Waals surface area (Å²) in [6.45, 7) is 3.79. The van der Waals surface area contributed by atoms with E-state index in [2.05, 4.69) is 20.9 Å². The van der Waals surface area contributed by atoms with Crippen molar-refractivity contribution in [1.29, 1.82) is 0 Å². The molecule has 2 saturated heterocycles. The van der Waals surface area contributed by atoms with Gasteiger partial charge in [0.05, 0.1) is 24.6 Å². The number of amides is 1. The molecule has 1 aliphatic carbocycles. The Morgan fingerprint density at radius 1 is 1.28 bits per heavy atom. The number of nitrogens with zero attached hydrogens (tertiary/aromatic N) is 5. The Balaban J connectivity index is 1.30. The van der Waals surface area contributed by atoms with Crippen LogP contribution in [0.1, 0.15) is 17.0 Å². The Morgan fingerprint density at radius 3 is 2.72 bits per heavy atom. The summed E-state index contributed by atoms with van der Waals surface area (Å²) in [5.41, 5.74) is 5.33. The van der Waals surface area contributed by atoms with Gasteiger partial charge in [-0.2, -0.15) is 0 Å². The van der Waals surface area contributed by atoms with E-state index in [0.29, 0.717) is 31.6 Å². The van der Waals surface area contributed by atoms with E-state index in [1.807, 2.05) is 30.1 Å².